The van der Waals surface area contributed by atoms with E-state index in [0.717, 1.165) is 6.54 Å². The van der Waals surface area contributed by atoms with E-state index in [9.17, 15) is 4.79 Å². The molecule has 21 heavy (non-hydrogen) atoms. The van der Waals surface area contributed by atoms with E-state index >= 15 is 0 Å². The molecular formula is C14H17ClN4OS. The summed E-state index contributed by atoms with van der Waals surface area (Å²) >= 11 is 7.25. The number of thiazole rings is 1. The second kappa shape index (κ2) is 6.78. The summed E-state index contributed by atoms with van der Waals surface area (Å²) in [6.07, 6.45) is 0. The summed E-state index contributed by atoms with van der Waals surface area (Å²) in [6, 6.07) is 7.04. The lowest BCUT2D eigenvalue weighted by Gasteiger charge is -2.05. The van der Waals surface area contributed by atoms with Crippen LogP contribution >= 0.6 is 22.9 Å². The molecule has 0 bridgehead atoms. The first-order valence-corrected chi connectivity index (χ1v) is 7.73. The van der Waals surface area contributed by atoms with Crippen molar-refractivity contribution < 1.29 is 4.79 Å². The number of benzene rings is 1. The summed E-state index contributed by atoms with van der Waals surface area (Å²) in [5.74, 6) is 0.391. The third-order valence-electron chi connectivity index (χ3n) is 2.64. The van der Waals surface area contributed by atoms with E-state index in [2.05, 4.69) is 29.5 Å². The number of nitrogens with two attached hydrogens (primary N) is 1. The molecule has 0 aliphatic carbocycles. The number of aromatic nitrogens is 1. The van der Waals surface area contributed by atoms with Gasteiger partial charge in [0.2, 0.25) is 0 Å². The number of carbonyl (C=O) groups is 1. The number of nitrogen functional groups attached to an aromatic ring is 1. The van der Waals surface area contributed by atoms with Gasteiger partial charge in [-0.15, -0.1) is 0 Å². The molecule has 0 spiro atoms. The molecule has 1 aromatic heterocycles. The van der Waals surface area contributed by atoms with Crippen LogP contribution in [-0.4, -0.2) is 17.4 Å². The summed E-state index contributed by atoms with van der Waals surface area (Å²) in [7, 11) is 0. The summed E-state index contributed by atoms with van der Waals surface area (Å²) < 4.78 is 0. The Morgan fingerprint density at radius 2 is 2.14 bits per heavy atom. The highest BCUT2D eigenvalue weighted by atomic mass is 35.5. The van der Waals surface area contributed by atoms with Crippen LogP contribution in [0, 0.1) is 5.92 Å². The Hall–Kier alpha value is -1.79. The van der Waals surface area contributed by atoms with E-state index < -0.39 is 0 Å². The topological polar surface area (TPSA) is 80.0 Å². The highest BCUT2D eigenvalue weighted by Crippen LogP contribution is 2.27. The minimum Gasteiger partial charge on any atom is -0.382 e. The molecule has 4 N–H and O–H groups in total. The lowest BCUT2D eigenvalue weighted by molar-refractivity contribution is 0.103. The van der Waals surface area contributed by atoms with Crippen molar-refractivity contribution in [2.24, 2.45) is 5.92 Å². The molecule has 0 atom stereocenters. The minimum atomic E-state index is -0.310. The fraction of sp³-hybridized carbons (Fsp3) is 0.286. The number of carbonyl (C=O) groups excluding carboxylic acids is 1. The number of nitrogens with zero attached hydrogens (tertiary/aromatic N) is 1. The number of para-hydroxylation sites is 1. The molecule has 0 unspecified atom stereocenters. The maximum Gasteiger partial charge on any atom is 0.269 e. The van der Waals surface area contributed by atoms with Crippen LogP contribution in [-0.2, 0) is 0 Å². The molecule has 1 aromatic carbocycles. The Morgan fingerprint density at radius 3 is 2.81 bits per heavy atom. The van der Waals surface area contributed by atoms with Crippen LogP contribution in [0.1, 0.15) is 23.5 Å². The number of nitrogens with one attached hydrogen (secondary N) is 2. The average molecular weight is 325 g/mol. The molecule has 7 heteroatoms. The maximum atomic E-state index is 12.2. The number of halogens is 1. The van der Waals surface area contributed by atoms with Crippen LogP contribution in [0.5, 0.6) is 0 Å². The first-order valence-electron chi connectivity index (χ1n) is 6.53. The minimum absolute atomic E-state index is 0.218. The van der Waals surface area contributed by atoms with E-state index in [1.165, 1.54) is 11.3 Å². The first-order chi connectivity index (χ1) is 9.97. The molecule has 5 nitrogen and oxygen atoms in total. The van der Waals surface area contributed by atoms with Crippen LogP contribution < -0.4 is 16.4 Å². The van der Waals surface area contributed by atoms with Crippen LogP contribution in [0.25, 0.3) is 0 Å². The summed E-state index contributed by atoms with van der Waals surface area (Å²) in [6.45, 7) is 4.96. The number of amides is 1. The Balaban J connectivity index is 2.11. The van der Waals surface area contributed by atoms with Crippen molar-refractivity contribution in [3.63, 3.8) is 0 Å². The van der Waals surface area contributed by atoms with Gasteiger partial charge in [0, 0.05) is 6.54 Å². The highest BCUT2D eigenvalue weighted by Gasteiger charge is 2.17. The van der Waals surface area contributed by atoms with Crippen LogP contribution in [0.3, 0.4) is 0 Å². The van der Waals surface area contributed by atoms with E-state index in [1.54, 1.807) is 24.3 Å². The molecule has 0 saturated carbocycles. The van der Waals surface area contributed by atoms with Crippen LogP contribution in [0.4, 0.5) is 16.6 Å². The zero-order valence-electron chi connectivity index (χ0n) is 11.8. The SMILES string of the molecule is CC(C)CNc1nc(N)c(C(=O)Nc2ccccc2Cl)s1. The Kier molecular flexibility index (Phi) is 5.03. The molecular weight excluding hydrogens is 308 g/mol. The maximum absolute atomic E-state index is 12.2. The standard InChI is InChI=1S/C14H17ClN4OS/c1-8(2)7-17-14-19-12(16)11(21-14)13(20)18-10-6-4-3-5-9(10)15/h3-6,8H,7,16H2,1-2H3,(H,17,19)(H,18,20). The molecule has 0 aliphatic rings. The lowest BCUT2D eigenvalue weighted by atomic mass is 10.2. The third kappa shape index (κ3) is 4.09. The van der Waals surface area contributed by atoms with Gasteiger partial charge >= 0.3 is 0 Å². The van der Waals surface area contributed by atoms with Gasteiger partial charge in [-0.05, 0) is 18.1 Å². The van der Waals surface area contributed by atoms with Crippen molar-refractivity contribution >= 4 is 45.5 Å². The summed E-state index contributed by atoms with van der Waals surface area (Å²) in [5.41, 5.74) is 6.36. The Bertz CT molecular complexity index is 642. The van der Waals surface area contributed by atoms with E-state index in [0.29, 0.717) is 26.6 Å². The molecule has 0 radical (unpaired) electrons. The van der Waals surface area contributed by atoms with E-state index in [-0.39, 0.29) is 11.7 Å². The summed E-state index contributed by atoms with van der Waals surface area (Å²) in [4.78, 5) is 16.8. The highest BCUT2D eigenvalue weighted by molar-refractivity contribution is 7.18. The van der Waals surface area contributed by atoms with Gasteiger partial charge in [-0.25, -0.2) is 4.98 Å². The predicted octanol–water partition coefficient (Wildman–Crippen LogP) is 3.70. The Labute approximate surface area is 132 Å². The monoisotopic (exact) mass is 324 g/mol. The predicted molar refractivity (Wildman–Crippen MR) is 89.3 cm³/mol. The third-order valence-corrected chi connectivity index (χ3v) is 4.00. The van der Waals surface area contributed by atoms with Crippen molar-refractivity contribution in [1.82, 2.24) is 4.98 Å². The number of hydrogen-bond donors (Lipinski definition) is 3. The largest absolute Gasteiger partial charge is 0.382 e. The smallest absolute Gasteiger partial charge is 0.269 e. The number of rotatable bonds is 5. The van der Waals surface area contributed by atoms with Crippen molar-refractivity contribution in [3.8, 4) is 0 Å². The van der Waals surface area contributed by atoms with Crippen LogP contribution in [0.15, 0.2) is 24.3 Å². The van der Waals surface area contributed by atoms with Gasteiger partial charge < -0.3 is 16.4 Å². The number of anilines is 3. The molecule has 2 rings (SSSR count). The van der Waals surface area contributed by atoms with Gasteiger partial charge in [0.15, 0.2) is 5.13 Å². The molecule has 1 amide bonds. The van der Waals surface area contributed by atoms with Gasteiger partial charge in [-0.2, -0.15) is 0 Å². The molecule has 1 heterocycles. The molecule has 0 aliphatic heterocycles. The zero-order chi connectivity index (χ0) is 15.4. The van der Waals surface area contributed by atoms with Gasteiger partial charge in [-0.3, -0.25) is 4.79 Å². The quantitative estimate of drug-likeness (QED) is 0.783. The van der Waals surface area contributed by atoms with Crippen molar-refractivity contribution in [3.05, 3.63) is 34.2 Å². The van der Waals surface area contributed by atoms with Crippen LogP contribution in [0.2, 0.25) is 5.02 Å². The summed E-state index contributed by atoms with van der Waals surface area (Å²) in [5, 5.41) is 7.02. The lowest BCUT2D eigenvalue weighted by Crippen LogP contribution is -2.12. The van der Waals surface area contributed by atoms with Gasteiger partial charge in [0.25, 0.3) is 5.91 Å². The van der Waals surface area contributed by atoms with Crippen molar-refractivity contribution in [1.29, 1.82) is 0 Å². The second-order valence-electron chi connectivity index (χ2n) is 4.94. The fourth-order valence-electron chi connectivity index (χ4n) is 1.60. The Morgan fingerprint density at radius 1 is 1.43 bits per heavy atom. The number of hydrogen-bond acceptors (Lipinski definition) is 5. The zero-order valence-corrected chi connectivity index (χ0v) is 13.4. The molecule has 0 saturated heterocycles. The van der Waals surface area contributed by atoms with E-state index in [4.69, 9.17) is 17.3 Å². The molecule has 0 fully saturated rings. The van der Waals surface area contributed by atoms with Gasteiger partial charge in [-0.1, -0.05) is 48.9 Å². The second-order valence-corrected chi connectivity index (χ2v) is 6.35. The first kappa shape index (κ1) is 15.6. The van der Waals surface area contributed by atoms with E-state index in [1.807, 2.05) is 0 Å². The fourth-order valence-corrected chi connectivity index (χ4v) is 2.57. The van der Waals surface area contributed by atoms with Crippen molar-refractivity contribution in [2.45, 2.75) is 13.8 Å². The van der Waals surface area contributed by atoms with Gasteiger partial charge in [0.1, 0.15) is 10.7 Å². The van der Waals surface area contributed by atoms with Gasteiger partial charge in [0.05, 0.1) is 10.7 Å². The normalized spacial score (nSPS) is 10.7. The molecule has 2 aromatic rings. The van der Waals surface area contributed by atoms with Crippen molar-refractivity contribution in [2.75, 3.05) is 22.9 Å². The average Bonchev–Trinajstić information content (AvgIpc) is 2.80. The molecule has 112 valence electrons.